The van der Waals surface area contributed by atoms with Gasteiger partial charge in [-0.15, -0.1) is 0 Å². The summed E-state index contributed by atoms with van der Waals surface area (Å²) in [6, 6.07) is 6.15. The molecular formula is C14H12F3N5OS. The van der Waals surface area contributed by atoms with Crippen molar-refractivity contribution in [1.82, 2.24) is 23.4 Å². The molecule has 0 fully saturated rings. The van der Waals surface area contributed by atoms with Gasteiger partial charge < -0.3 is 4.90 Å². The molecule has 0 aliphatic heterocycles. The highest BCUT2D eigenvalue weighted by molar-refractivity contribution is 7.00. The second kappa shape index (κ2) is 5.86. The molecule has 3 rings (SSSR count). The van der Waals surface area contributed by atoms with Crippen LogP contribution in [0.5, 0.6) is 0 Å². The first-order chi connectivity index (χ1) is 11.3. The molecule has 24 heavy (non-hydrogen) atoms. The van der Waals surface area contributed by atoms with E-state index in [1.807, 2.05) is 0 Å². The Hall–Kier alpha value is -2.49. The third kappa shape index (κ3) is 3.09. The van der Waals surface area contributed by atoms with E-state index in [0.29, 0.717) is 0 Å². The third-order valence-electron chi connectivity index (χ3n) is 3.47. The lowest BCUT2D eigenvalue weighted by Crippen LogP contribution is -2.28. The van der Waals surface area contributed by atoms with Gasteiger partial charge in [-0.3, -0.25) is 9.48 Å². The van der Waals surface area contributed by atoms with Crippen molar-refractivity contribution < 1.29 is 18.0 Å². The SMILES string of the molecule is CN(Cc1ccc2nsnc2c1)C(=O)c1cc(C(F)(F)F)nn1C. The summed E-state index contributed by atoms with van der Waals surface area (Å²) in [4.78, 5) is 13.7. The third-order valence-corrected chi connectivity index (χ3v) is 4.03. The minimum atomic E-state index is -4.59. The number of halogens is 3. The van der Waals surface area contributed by atoms with E-state index in [9.17, 15) is 18.0 Å². The Labute approximate surface area is 138 Å². The molecule has 0 aliphatic rings. The van der Waals surface area contributed by atoms with Gasteiger partial charge in [-0.25, -0.2) is 0 Å². The zero-order valence-electron chi connectivity index (χ0n) is 12.7. The Bertz CT molecular complexity index is 901. The number of benzene rings is 1. The fourth-order valence-corrected chi connectivity index (χ4v) is 2.79. The summed E-state index contributed by atoms with van der Waals surface area (Å²) in [5.74, 6) is -0.544. The normalized spacial score (nSPS) is 11.9. The van der Waals surface area contributed by atoms with E-state index in [2.05, 4.69) is 13.8 Å². The summed E-state index contributed by atoms with van der Waals surface area (Å²) >= 11 is 1.09. The van der Waals surface area contributed by atoms with Gasteiger partial charge in [0.25, 0.3) is 5.91 Å². The topological polar surface area (TPSA) is 63.9 Å². The Morgan fingerprint density at radius 2 is 1.96 bits per heavy atom. The van der Waals surface area contributed by atoms with E-state index in [1.165, 1.54) is 19.0 Å². The molecule has 3 aromatic rings. The summed E-state index contributed by atoms with van der Waals surface area (Å²) < 4.78 is 47.2. The molecule has 0 saturated heterocycles. The van der Waals surface area contributed by atoms with E-state index in [0.717, 1.165) is 39.1 Å². The van der Waals surface area contributed by atoms with Crippen LogP contribution in [-0.4, -0.2) is 36.4 Å². The summed E-state index contributed by atoms with van der Waals surface area (Å²) in [7, 11) is 2.83. The zero-order valence-corrected chi connectivity index (χ0v) is 13.5. The van der Waals surface area contributed by atoms with Crippen molar-refractivity contribution in [3.05, 3.63) is 41.2 Å². The summed E-state index contributed by atoms with van der Waals surface area (Å²) in [5.41, 5.74) is 1.08. The number of hydrogen-bond acceptors (Lipinski definition) is 5. The lowest BCUT2D eigenvalue weighted by molar-refractivity contribution is -0.141. The second-order valence-electron chi connectivity index (χ2n) is 5.28. The van der Waals surface area contributed by atoms with Crippen molar-refractivity contribution in [1.29, 1.82) is 0 Å². The number of alkyl halides is 3. The molecule has 2 aromatic heterocycles. The van der Waals surface area contributed by atoms with Gasteiger partial charge in [-0.2, -0.15) is 27.0 Å². The number of fused-ring (bicyclic) bond motifs is 1. The van der Waals surface area contributed by atoms with Crippen molar-refractivity contribution in [3.8, 4) is 0 Å². The Kier molecular flexibility index (Phi) is 3.99. The molecule has 1 aromatic carbocycles. The molecule has 0 radical (unpaired) electrons. The summed E-state index contributed by atoms with van der Waals surface area (Å²) in [5, 5.41) is 3.35. The van der Waals surface area contributed by atoms with Crippen LogP contribution in [0, 0.1) is 0 Å². The van der Waals surface area contributed by atoms with Gasteiger partial charge in [0.1, 0.15) is 16.7 Å². The van der Waals surface area contributed by atoms with Crippen LogP contribution in [-0.2, 0) is 19.8 Å². The molecule has 0 aliphatic carbocycles. The van der Waals surface area contributed by atoms with Crippen molar-refractivity contribution in [2.75, 3.05) is 7.05 Å². The first kappa shape index (κ1) is 16.4. The maximum absolute atomic E-state index is 12.7. The van der Waals surface area contributed by atoms with E-state index >= 15 is 0 Å². The monoisotopic (exact) mass is 355 g/mol. The number of rotatable bonds is 3. The van der Waals surface area contributed by atoms with E-state index in [-0.39, 0.29) is 12.2 Å². The molecule has 0 atom stereocenters. The average Bonchev–Trinajstić information content (AvgIpc) is 3.11. The first-order valence-electron chi connectivity index (χ1n) is 6.83. The highest BCUT2D eigenvalue weighted by Crippen LogP contribution is 2.28. The number of aryl methyl sites for hydroxylation is 1. The fourth-order valence-electron chi connectivity index (χ4n) is 2.27. The smallest absolute Gasteiger partial charge is 0.336 e. The molecular weight excluding hydrogens is 343 g/mol. The molecule has 126 valence electrons. The molecule has 6 nitrogen and oxygen atoms in total. The maximum atomic E-state index is 12.7. The quantitative estimate of drug-likeness (QED) is 0.725. The number of amides is 1. The van der Waals surface area contributed by atoms with Gasteiger partial charge in [0, 0.05) is 26.7 Å². The van der Waals surface area contributed by atoms with Crippen molar-refractivity contribution >= 4 is 28.7 Å². The average molecular weight is 355 g/mol. The largest absolute Gasteiger partial charge is 0.435 e. The molecule has 0 spiro atoms. The maximum Gasteiger partial charge on any atom is 0.435 e. The van der Waals surface area contributed by atoms with Crippen LogP contribution in [0.1, 0.15) is 21.7 Å². The molecule has 0 unspecified atom stereocenters. The molecule has 2 heterocycles. The zero-order chi connectivity index (χ0) is 17.5. The van der Waals surface area contributed by atoms with Crippen LogP contribution in [0.3, 0.4) is 0 Å². The Morgan fingerprint density at radius 1 is 1.25 bits per heavy atom. The molecule has 0 bridgehead atoms. The van der Waals surface area contributed by atoms with E-state index < -0.39 is 17.8 Å². The lowest BCUT2D eigenvalue weighted by atomic mass is 10.2. The van der Waals surface area contributed by atoms with Gasteiger partial charge in [0.15, 0.2) is 5.69 Å². The standard InChI is InChI=1S/C14H12F3N5OS/c1-21(7-8-3-4-9-10(5-8)20-24-19-9)13(23)11-6-12(14(15,16)17)18-22(11)2/h3-6H,7H2,1-2H3. The van der Waals surface area contributed by atoms with E-state index in [1.54, 1.807) is 18.2 Å². The van der Waals surface area contributed by atoms with Crippen molar-refractivity contribution in [2.24, 2.45) is 7.05 Å². The van der Waals surface area contributed by atoms with Gasteiger partial charge in [-0.1, -0.05) is 6.07 Å². The second-order valence-corrected chi connectivity index (χ2v) is 5.81. The number of aromatic nitrogens is 4. The van der Waals surface area contributed by atoms with E-state index in [4.69, 9.17) is 0 Å². The predicted molar refractivity (Wildman–Crippen MR) is 81.4 cm³/mol. The molecule has 10 heteroatoms. The molecule has 0 saturated carbocycles. The minimum Gasteiger partial charge on any atom is -0.336 e. The van der Waals surface area contributed by atoms with Crippen LogP contribution in [0.25, 0.3) is 11.0 Å². The first-order valence-corrected chi connectivity index (χ1v) is 7.56. The fraction of sp³-hybridized carbons (Fsp3) is 0.286. The van der Waals surface area contributed by atoms with Crippen molar-refractivity contribution in [3.63, 3.8) is 0 Å². The van der Waals surface area contributed by atoms with Gasteiger partial charge in [0.2, 0.25) is 0 Å². The van der Waals surface area contributed by atoms with Crippen LogP contribution in [0.4, 0.5) is 13.2 Å². The highest BCUT2D eigenvalue weighted by Gasteiger charge is 2.35. The van der Waals surface area contributed by atoms with Crippen LogP contribution < -0.4 is 0 Å². The van der Waals surface area contributed by atoms with Crippen LogP contribution in [0.2, 0.25) is 0 Å². The minimum absolute atomic E-state index is 0.124. The lowest BCUT2D eigenvalue weighted by Gasteiger charge is -2.17. The molecule has 0 N–H and O–H groups in total. The highest BCUT2D eigenvalue weighted by atomic mass is 32.1. The number of hydrogen-bond donors (Lipinski definition) is 0. The predicted octanol–water partition coefficient (Wildman–Crippen LogP) is 2.72. The Balaban J connectivity index is 1.80. The van der Waals surface area contributed by atoms with Gasteiger partial charge in [-0.05, 0) is 17.7 Å². The molecule has 1 amide bonds. The number of carbonyl (C=O) groups is 1. The summed E-state index contributed by atoms with van der Waals surface area (Å²) in [6.07, 6.45) is -4.59. The van der Waals surface area contributed by atoms with Gasteiger partial charge >= 0.3 is 6.18 Å². The van der Waals surface area contributed by atoms with Gasteiger partial charge in [0.05, 0.1) is 11.7 Å². The number of nitrogens with zero attached hydrogens (tertiary/aromatic N) is 5. The number of carbonyl (C=O) groups excluding carboxylic acids is 1. The van der Waals surface area contributed by atoms with Crippen molar-refractivity contribution in [2.45, 2.75) is 12.7 Å². The van der Waals surface area contributed by atoms with Crippen LogP contribution >= 0.6 is 11.7 Å². The summed E-state index contributed by atoms with van der Waals surface area (Å²) in [6.45, 7) is 0.235. The Morgan fingerprint density at radius 3 is 2.62 bits per heavy atom. The van der Waals surface area contributed by atoms with Crippen LogP contribution in [0.15, 0.2) is 24.3 Å².